The van der Waals surface area contributed by atoms with E-state index in [-0.39, 0.29) is 6.04 Å². The van der Waals surface area contributed by atoms with Crippen molar-refractivity contribution in [3.05, 3.63) is 29.3 Å². The minimum atomic E-state index is -4.32. The largest absolute Gasteiger partial charge is 0.493 e. The van der Waals surface area contributed by atoms with Crippen molar-refractivity contribution in [1.29, 1.82) is 0 Å². The second kappa shape index (κ2) is 4.40. The molecule has 1 fully saturated rings. The van der Waals surface area contributed by atoms with Gasteiger partial charge >= 0.3 is 6.18 Å². The van der Waals surface area contributed by atoms with Crippen molar-refractivity contribution in [3.63, 3.8) is 0 Å². The number of rotatable bonds is 0. The van der Waals surface area contributed by atoms with E-state index in [1.807, 2.05) is 0 Å². The number of nitrogens with one attached hydrogen (secondary N) is 1. The van der Waals surface area contributed by atoms with Crippen molar-refractivity contribution in [2.45, 2.75) is 38.0 Å². The van der Waals surface area contributed by atoms with E-state index in [1.165, 1.54) is 0 Å². The first-order chi connectivity index (χ1) is 8.95. The van der Waals surface area contributed by atoms with E-state index in [2.05, 4.69) is 12.2 Å². The van der Waals surface area contributed by atoms with Gasteiger partial charge in [0.1, 0.15) is 5.75 Å². The standard InChI is InChI=1S/C14H16F3NO/c1-8-2-3-9-7-19-12-6-10(14(15,16)17)4-5-11(12)13(9)18-8/h4-6,8-9,13,18H,2-3,7H2,1H3/t8-,9-,13-/m1/s1. The summed E-state index contributed by atoms with van der Waals surface area (Å²) in [5.41, 5.74) is 0.212. The van der Waals surface area contributed by atoms with Gasteiger partial charge in [0.15, 0.2) is 0 Å². The van der Waals surface area contributed by atoms with E-state index < -0.39 is 11.7 Å². The van der Waals surface area contributed by atoms with E-state index in [0.717, 1.165) is 30.5 Å². The third-order valence-corrected chi connectivity index (χ3v) is 4.03. The summed E-state index contributed by atoms with van der Waals surface area (Å²) in [5, 5.41) is 3.47. The normalized spacial score (nSPS) is 30.2. The Hall–Kier alpha value is -1.23. The summed E-state index contributed by atoms with van der Waals surface area (Å²) >= 11 is 0. The molecule has 19 heavy (non-hydrogen) atoms. The summed E-state index contributed by atoms with van der Waals surface area (Å²) in [6.45, 7) is 2.61. The molecule has 5 heteroatoms. The van der Waals surface area contributed by atoms with Crippen LogP contribution in [-0.4, -0.2) is 12.6 Å². The minimum absolute atomic E-state index is 0.120. The quantitative estimate of drug-likeness (QED) is 0.779. The van der Waals surface area contributed by atoms with Gasteiger partial charge in [-0.05, 0) is 31.9 Å². The summed E-state index contributed by atoms with van der Waals surface area (Å²) in [5.74, 6) is 0.734. The zero-order valence-electron chi connectivity index (χ0n) is 10.6. The Morgan fingerprint density at radius 3 is 2.79 bits per heavy atom. The second-order valence-corrected chi connectivity index (χ2v) is 5.44. The van der Waals surface area contributed by atoms with Crippen LogP contribution in [0.5, 0.6) is 5.75 Å². The van der Waals surface area contributed by atoms with Gasteiger partial charge in [0.25, 0.3) is 0 Å². The lowest BCUT2D eigenvalue weighted by Gasteiger charge is -2.40. The molecule has 0 unspecified atom stereocenters. The van der Waals surface area contributed by atoms with Crippen LogP contribution < -0.4 is 10.1 Å². The molecule has 1 saturated heterocycles. The Labute approximate surface area is 109 Å². The van der Waals surface area contributed by atoms with Crippen molar-refractivity contribution < 1.29 is 17.9 Å². The van der Waals surface area contributed by atoms with Crippen LogP contribution >= 0.6 is 0 Å². The van der Waals surface area contributed by atoms with Gasteiger partial charge in [-0.25, -0.2) is 0 Å². The number of fused-ring (bicyclic) bond motifs is 3. The highest BCUT2D eigenvalue weighted by Crippen LogP contribution is 2.42. The molecule has 0 aromatic heterocycles. The lowest BCUT2D eigenvalue weighted by atomic mass is 9.82. The monoisotopic (exact) mass is 271 g/mol. The highest BCUT2D eigenvalue weighted by Gasteiger charge is 2.37. The highest BCUT2D eigenvalue weighted by atomic mass is 19.4. The van der Waals surface area contributed by atoms with Crippen LogP contribution in [0.15, 0.2) is 18.2 Å². The molecule has 0 spiro atoms. The Balaban J connectivity index is 1.95. The van der Waals surface area contributed by atoms with Crippen molar-refractivity contribution in [2.24, 2.45) is 5.92 Å². The Bertz CT molecular complexity index is 486. The van der Waals surface area contributed by atoms with Gasteiger partial charge in [-0.2, -0.15) is 13.2 Å². The van der Waals surface area contributed by atoms with Gasteiger partial charge in [-0.15, -0.1) is 0 Å². The zero-order chi connectivity index (χ0) is 13.6. The van der Waals surface area contributed by atoms with Crippen molar-refractivity contribution in [3.8, 4) is 5.75 Å². The summed E-state index contributed by atoms with van der Waals surface area (Å²) in [6, 6.07) is 4.34. The fraction of sp³-hybridized carbons (Fsp3) is 0.571. The van der Waals surface area contributed by atoms with Gasteiger partial charge in [0.2, 0.25) is 0 Å². The molecular formula is C14H16F3NO. The maximum atomic E-state index is 12.7. The smallest absolute Gasteiger partial charge is 0.416 e. The molecule has 1 aromatic rings. The van der Waals surface area contributed by atoms with E-state index in [0.29, 0.717) is 24.3 Å². The van der Waals surface area contributed by atoms with E-state index in [9.17, 15) is 13.2 Å². The lowest BCUT2D eigenvalue weighted by Crippen LogP contribution is -2.44. The first kappa shape index (κ1) is 12.8. The Kier molecular flexibility index (Phi) is 2.96. The van der Waals surface area contributed by atoms with Crippen LogP contribution in [0.2, 0.25) is 0 Å². The average Bonchev–Trinajstić information content (AvgIpc) is 2.36. The van der Waals surface area contributed by atoms with Crippen LogP contribution in [-0.2, 0) is 6.18 Å². The fourth-order valence-corrected chi connectivity index (χ4v) is 2.97. The number of piperidine rings is 1. The van der Waals surface area contributed by atoms with Crippen molar-refractivity contribution in [2.75, 3.05) is 6.61 Å². The maximum Gasteiger partial charge on any atom is 0.416 e. The van der Waals surface area contributed by atoms with Gasteiger partial charge in [-0.3, -0.25) is 0 Å². The van der Waals surface area contributed by atoms with Crippen LogP contribution in [0.25, 0.3) is 0 Å². The number of benzene rings is 1. The number of halogens is 3. The topological polar surface area (TPSA) is 21.3 Å². The highest BCUT2D eigenvalue weighted by molar-refractivity contribution is 5.42. The molecule has 3 rings (SSSR count). The van der Waals surface area contributed by atoms with Crippen molar-refractivity contribution in [1.82, 2.24) is 5.32 Å². The number of ether oxygens (including phenoxy) is 1. The maximum absolute atomic E-state index is 12.7. The van der Waals surface area contributed by atoms with Crippen LogP contribution in [0.1, 0.15) is 36.9 Å². The molecule has 104 valence electrons. The first-order valence-corrected chi connectivity index (χ1v) is 6.55. The number of alkyl halides is 3. The predicted octanol–water partition coefficient (Wildman–Crippen LogP) is 3.53. The molecule has 1 aromatic carbocycles. The van der Waals surface area contributed by atoms with E-state index >= 15 is 0 Å². The van der Waals surface area contributed by atoms with Gasteiger partial charge < -0.3 is 10.1 Å². The Morgan fingerprint density at radius 2 is 2.05 bits per heavy atom. The van der Waals surface area contributed by atoms with Crippen LogP contribution in [0, 0.1) is 5.92 Å². The second-order valence-electron chi connectivity index (χ2n) is 5.44. The summed E-state index contributed by atoms with van der Waals surface area (Å²) in [7, 11) is 0. The first-order valence-electron chi connectivity index (χ1n) is 6.55. The third-order valence-electron chi connectivity index (χ3n) is 4.03. The molecule has 0 amide bonds. The van der Waals surface area contributed by atoms with Crippen LogP contribution in [0.4, 0.5) is 13.2 Å². The zero-order valence-corrected chi connectivity index (χ0v) is 10.6. The number of hydrogen-bond acceptors (Lipinski definition) is 2. The molecule has 2 heterocycles. The van der Waals surface area contributed by atoms with E-state index in [1.54, 1.807) is 6.07 Å². The molecule has 2 nitrogen and oxygen atoms in total. The molecule has 0 bridgehead atoms. The lowest BCUT2D eigenvalue weighted by molar-refractivity contribution is -0.137. The molecule has 1 N–H and O–H groups in total. The third kappa shape index (κ3) is 2.31. The molecule has 3 atom stereocenters. The van der Waals surface area contributed by atoms with Crippen LogP contribution in [0.3, 0.4) is 0 Å². The molecule has 2 aliphatic heterocycles. The molecular weight excluding hydrogens is 255 g/mol. The Morgan fingerprint density at radius 1 is 1.26 bits per heavy atom. The van der Waals surface area contributed by atoms with E-state index in [4.69, 9.17) is 4.74 Å². The number of hydrogen-bond donors (Lipinski definition) is 1. The van der Waals surface area contributed by atoms with Gasteiger partial charge in [0, 0.05) is 23.6 Å². The molecule has 2 aliphatic rings. The average molecular weight is 271 g/mol. The van der Waals surface area contributed by atoms with Crippen molar-refractivity contribution >= 4 is 0 Å². The SMILES string of the molecule is C[C@@H]1CC[C@@H]2COc3cc(C(F)(F)F)ccc3[C@@H]2N1. The predicted molar refractivity (Wildman–Crippen MR) is 65.0 cm³/mol. The fourth-order valence-electron chi connectivity index (χ4n) is 2.97. The molecule has 0 aliphatic carbocycles. The molecule has 0 saturated carbocycles. The van der Waals surface area contributed by atoms with Gasteiger partial charge in [-0.1, -0.05) is 6.07 Å². The molecule has 0 radical (unpaired) electrons. The summed E-state index contributed by atoms with van der Waals surface area (Å²) in [6.07, 6.45) is -2.18. The summed E-state index contributed by atoms with van der Waals surface area (Å²) < 4.78 is 43.6. The minimum Gasteiger partial charge on any atom is -0.493 e. The van der Waals surface area contributed by atoms with Gasteiger partial charge in [0.05, 0.1) is 12.2 Å². The summed E-state index contributed by atoms with van der Waals surface area (Å²) in [4.78, 5) is 0.